The zero-order valence-corrected chi connectivity index (χ0v) is 16.6. The number of nitrogens with zero attached hydrogens (tertiary/aromatic N) is 2. The van der Waals surface area contributed by atoms with Crippen molar-refractivity contribution in [3.05, 3.63) is 53.4 Å². The molecule has 0 saturated heterocycles. The van der Waals surface area contributed by atoms with Crippen molar-refractivity contribution in [1.29, 1.82) is 0 Å². The molecular weight excluding hydrogens is 352 g/mol. The molecule has 6 heteroatoms. The van der Waals surface area contributed by atoms with Gasteiger partial charge in [-0.2, -0.15) is 0 Å². The van der Waals surface area contributed by atoms with Gasteiger partial charge in [-0.1, -0.05) is 23.8 Å². The number of hydrogen-bond acceptors (Lipinski definition) is 5. The van der Waals surface area contributed by atoms with Gasteiger partial charge in [0.2, 0.25) is 5.95 Å². The Morgan fingerprint density at radius 3 is 2.86 bits per heavy atom. The summed E-state index contributed by atoms with van der Waals surface area (Å²) >= 11 is 0. The van der Waals surface area contributed by atoms with Crippen LogP contribution in [0.3, 0.4) is 0 Å². The third kappa shape index (κ3) is 5.55. The highest BCUT2D eigenvalue weighted by Crippen LogP contribution is 2.26. The molecule has 2 N–H and O–H groups in total. The van der Waals surface area contributed by atoms with E-state index in [2.05, 4.69) is 26.7 Å². The molecule has 0 fully saturated rings. The Labute approximate surface area is 166 Å². The molecule has 0 aliphatic heterocycles. The molecule has 148 valence electrons. The zero-order valence-electron chi connectivity index (χ0n) is 16.6. The summed E-state index contributed by atoms with van der Waals surface area (Å²) in [6.45, 7) is 4.98. The van der Waals surface area contributed by atoms with Crippen molar-refractivity contribution in [2.45, 2.75) is 46.0 Å². The van der Waals surface area contributed by atoms with Crippen LogP contribution >= 0.6 is 0 Å². The number of para-hydroxylation sites is 2. The first-order valence-corrected chi connectivity index (χ1v) is 9.96. The minimum atomic E-state index is -0.178. The van der Waals surface area contributed by atoms with E-state index in [-0.39, 0.29) is 5.91 Å². The number of hydrogen-bond donors (Lipinski definition) is 2. The van der Waals surface area contributed by atoms with Gasteiger partial charge in [-0.3, -0.25) is 4.79 Å². The largest absolute Gasteiger partial charge is 0.492 e. The van der Waals surface area contributed by atoms with Crippen molar-refractivity contribution in [3.8, 4) is 5.75 Å². The van der Waals surface area contributed by atoms with Crippen LogP contribution in [0.1, 0.15) is 55.2 Å². The third-order valence-electron chi connectivity index (χ3n) is 4.64. The number of aryl methyl sites for hydroxylation is 1. The number of ether oxygens (including phenoxy) is 1. The van der Waals surface area contributed by atoms with E-state index in [1.54, 1.807) is 6.07 Å². The molecule has 0 saturated carbocycles. The van der Waals surface area contributed by atoms with Gasteiger partial charge in [-0.05, 0) is 64.2 Å². The van der Waals surface area contributed by atoms with E-state index in [9.17, 15) is 4.79 Å². The third-order valence-corrected chi connectivity index (χ3v) is 4.64. The molecule has 0 spiro atoms. The van der Waals surface area contributed by atoms with Gasteiger partial charge in [0, 0.05) is 12.2 Å². The van der Waals surface area contributed by atoms with Gasteiger partial charge in [0.05, 0.1) is 12.3 Å². The number of amides is 1. The molecule has 1 aromatic carbocycles. The molecule has 6 nitrogen and oxygen atoms in total. The normalized spacial score (nSPS) is 13.6. The number of benzene rings is 1. The second kappa shape index (κ2) is 9.88. The molecule has 1 aliphatic carbocycles. The Morgan fingerprint density at radius 1 is 1.21 bits per heavy atom. The summed E-state index contributed by atoms with van der Waals surface area (Å²) in [6.07, 6.45) is 8.05. The number of nitrogens with one attached hydrogen (secondary N) is 2. The van der Waals surface area contributed by atoms with Crippen LogP contribution in [0.4, 0.5) is 11.6 Å². The molecular formula is C22H28N4O2. The van der Waals surface area contributed by atoms with Crippen LogP contribution in [0, 0.1) is 6.92 Å². The second-order valence-electron chi connectivity index (χ2n) is 6.89. The Morgan fingerprint density at radius 2 is 2.07 bits per heavy atom. The van der Waals surface area contributed by atoms with Crippen LogP contribution in [-0.4, -0.2) is 29.0 Å². The Kier molecular flexibility index (Phi) is 7.00. The number of aromatic nitrogens is 2. The molecule has 1 aromatic heterocycles. The first-order valence-electron chi connectivity index (χ1n) is 9.96. The molecule has 28 heavy (non-hydrogen) atoms. The predicted octanol–water partition coefficient (Wildman–Crippen LogP) is 4.55. The standard InChI is InChI=1S/C22H28N4O2/c1-3-28-20-12-8-7-11-18(20)25-22-24-16(2)15-19(26-22)21(27)23-14-13-17-9-5-4-6-10-17/h7-9,11-12,15H,3-6,10,13-14H2,1-2H3,(H,23,27)(H,24,25,26). The predicted molar refractivity (Wildman–Crippen MR) is 111 cm³/mol. The maximum atomic E-state index is 12.5. The monoisotopic (exact) mass is 380 g/mol. The summed E-state index contributed by atoms with van der Waals surface area (Å²) in [6, 6.07) is 9.31. The number of anilines is 2. The van der Waals surface area contributed by atoms with Gasteiger partial charge in [0.25, 0.3) is 5.91 Å². The minimum absolute atomic E-state index is 0.178. The Hall–Kier alpha value is -2.89. The summed E-state index contributed by atoms with van der Waals surface area (Å²) in [5.41, 5.74) is 3.30. The minimum Gasteiger partial charge on any atom is -0.492 e. The highest BCUT2D eigenvalue weighted by atomic mass is 16.5. The van der Waals surface area contributed by atoms with Crippen molar-refractivity contribution in [1.82, 2.24) is 15.3 Å². The molecule has 0 bridgehead atoms. The summed E-state index contributed by atoms with van der Waals surface area (Å²) in [7, 11) is 0. The van der Waals surface area contributed by atoms with Gasteiger partial charge in [0.1, 0.15) is 11.4 Å². The van der Waals surface area contributed by atoms with E-state index in [1.165, 1.54) is 18.4 Å². The number of allylic oxidation sites excluding steroid dienone is 1. The van der Waals surface area contributed by atoms with E-state index in [1.807, 2.05) is 38.1 Å². The van der Waals surface area contributed by atoms with Crippen molar-refractivity contribution in [2.24, 2.45) is 0 Å². The van der Waals surface area contributed by atoms with E-state index >= 15 is 0 Å². The molecule has 2 aromatic rings. The lowest BCUT2D eigenvalue weighted by molar-refractivity contribution is 0.0949. The van der Waals surface area contributed by atoms with Crippen molar-refractivity contribution >= 4 is 17.5 Å². The smallest absolute Gasteiger partial charge is 0.270 e. The maximum absolute atomic E-state index is 12.5. The average Bonchev–Trinajstić information content (AvgIpc) is 2.70. The first-order chi connectivity index (χ1) is 13.7. The lowest BCUT2D eigenvalue weighted by Gasteiger charge is -2.14. The molecule has 1 amide bonds. The van der Waals surface area contributed by atoms with Crippen LogP contribution < -0.4 is 15.4 Å². The molecule has 1 heterocycles. The Balaban J connectivity index is 1.65. The van der Waals surface area contributed by atoms with Crippen LogP contribution in [0.5, 0.6) is 5.75 Å². The highest BCUT2D eigenvalue weighted by Gasteiger charge is 2.12. The van der Waals surface area contributed by atoms with Crippen LogP contribution in [0.2, 0.25) is 0 Å². The van der Waals surface area contributed by atoms with Crippen LogP contribution in [0.15, 0.2) is 42.0 Å². The first kappa shape index (κ1) is 19.9. The average molecular weight is 380 g/mol. The maximum Gasteiger partial charge on any atom is 0.270 e. The summed E-state index contributed by atoms with van der Waals surface area (Å²) < 4.78 is 5.63. The van der Waals surface area contributed by atoms with Gasteiger partial charge in [0.15, 0.2) is 0 Å². The van der Waals surface area contributed by atoms with E-state index < -0.39 is 0 Å². The van der Waals surface area contributed by atoms with Crippen molar-refractivity contribution in [3.63, 3.8) is 0 Å². The fraction of sp³-hybridized carbons (Fsp3) is 0.409. The SMILES string of the molecule is CCOc1ccccc1Nc1nc(C)cc(C(=O)NCCC2=CCCCC2)n1. The molecule has 3 rings (SSSR count). The highest BCUT2D eigenvalue weighted by molar-refractivity contribution is 5.92. The number of rotatable bonds is 8. The van der Waals surface area contributed by atoms with Gasteiger partial charge in [-0.25, -0.2) is 9.97 Å². The van der Waals surface area contributed by atoms with Gasteiger partial charge >= 0.3 is 0 Å². The van der Waals surface area contributed by atoms with Crippen molar-refractivity contribution < 1.29 is 9.53 Å². The molecule has 0 unspecified atom stereocenters. The fourth-order valence-corrected chi connectivity index (χ4v) is 3.27. The molecule has 0 radical (unpaired) electrons. The lowest BCUT2D eigenvalue weighted by atomic mass is 9.97. The summed E-state index contributed by atoms with van der Waals surface area (Å²) in [4.78, 5) is 21.3. The fourth-order valence-electron chi connectivity index (χ4n) is 3.27. The Bertz CT molecular complexity index is 848. The van der Waals surface area contributed by atoms with E-state index in [0.29, 0.717) is 24.8 Å². The van der Waals surface area contributed by atoms with E-state index in [0.717, 1.165) is 36.4 Å². The van der Waals surface area contributed by atoms with Crippen LogP contribution in [-0.2, 0) is 0 Å². The lowest BCUT2D eigenvalue weighted by Crippen LogP contribution is -2.26. The van der Waals surface area contributed by atoms with Gasteiger partial charge in [-0.15, -0.1) is 0 Å². The molecule has 1 aliphatic rings. The summed E-state index contributed by atoms with van der Waals surface area (Å²) in [5.74, 6) is 0.928. The topological polar surface area (TPSA) is 76.1 Å². The second-order valence-corrected chi connectivity index (χ2v) is 6.89. The summed E-state index contributed by atoms with van der Waals surface area (Å²) in [5, 5.41) is 6.14. The van der Waals surface area contributed by atoms with E-state index in [4.69, 9.17) is 4.74 Å². The van der Waals surface area contributed by atoms with Gasteiger partial charge < -0.3 is 15.4 Å². The van der Waals surface area contributed by atoms with Crippen molar-refractivity contribution in [2.75, 3.05) is 18.5 Å². The van der Waals surface area contributed by atoms with Crippen LogP contribution in [0.25, 0.3) is 0 Å². The number of carbonyl (C=O) groups excluding carboxylic acids is 1. The quantitative estimate of drug-likeness (QED) is 0.657. The zero-order chi connectivity index (χ0) is 19.8. The number of carbonyl (C=O) groups is 1. The molecule has 0 atom stereocenters.